The number of aromatic nitrogens is 2. The van der Waals surface area contributed by atoms with Crippen molar-refractivity contribution in [1.82, 2.24) is 9.78 Å². The van der Waals surface area contributed by atoms with Gasteiger partial charge in [0.05, 0.1) is 0 Å². The molecule has 4 heteroatoms. The van der Waals surface area contributed by atoms with Gasteiger partial charge in [-0.15, -0.1) is 0 Å². The highest BCUT2D eigenvalue weighted by Gasteiger charge is 2.33. The van der Waals surface area contributed by atoms with Crippen molar-refractivity contribution >= 4 is 0 Å². The Labute approximate surface area is 95.8 Å². The molecule has 0 unspecified atom stereocenters. The molecule has 0 atom stereocenters. The first-order chi connectivity index (χ1) is 7.59. The van der Waals surface area contributed by atoms with Gasteiger partial charge < -0.3 is 5.73 Å². The second kappa shape index (κ2) is 4.53. The summed E-state index contributed by atoms with van der Waals surface area (Å²) in [6.07, 6.45) is 6.00. The first-order valence-corrected chi connectivity index (χ1v) is 6.00. The molecule has 0 saturated heterocycles. The summed E-state index contributed by atoms with van der Waals surface area (Å²) in [5.41, 5.74) is 5.89. The van der Waals surface area contributed by atoms with Crippen molar-refractivity contribution < 1.29 is 4.39 Å². The van der Waals surface area contributed by atoms with Crippen LogP contribution in [-0.2, 0) is 13.5 Å². The zero-order valence-corrected chi connectivity index (χ0v) is 9.82. The summed E-state index contributed by atoms with van der Waals surface area (Å²) in [5, 5.41) is 4.09. The zero-order chi connectivity index (χ0) is 11.6. The number of hydrogen-bond acceptors (Lipinski definition) is 2. The van der Waals surface area contributed by atoms with Gasteiger partial charge in [0.25, 0.3) is 0 Å². The van der Waals surface area contributed by atoms with Gasteiger partial charge in [0.15, 0.2) is 0 Å². The molecule has 0 bridgehead atoms. The Morgan fingerprint density at radius 1 is 1.56 bits per heavy atom. The number of rotatable bonds is 3. The summed E-state index contributed by atoms with van der Waals surface area (Å²) >= 11 is 0. The fourth-order valence-electron chi connectivity index (χ4n) is 2.41. The minimum Gasteiger partial charge on any atom is -0.328 e. The normalized spacial score (nSPS) is 30.6. The van der Waals surface area contributed by atoms with Gasteiger partial charge in [-0.2, -0.15) is 5.10 Å². The molecule has 0 spiro atoms. The third kappa shape index (κ3) is 2.61. The molecule has 1 saturated carbocycles. The minimum atomic E-state index is -1.000. The monoisotopic (exact) mass is 225 g/mol. The molecular formula is C12H20FN3. The fraction of sp³-hybridized carbons (Fsp3) is 0.750. The van der Waals surface area contributed by atoms with E-state index in [0.717, 1.165) is 25.0 Å². The van der Waals surface area contributed by atoms with E-state index in [9.17, 15) is 4.39 Å². The Balaban J connectivity index is 1.88. The molecule has 2 N–H and O–H groups in total. The van der Waals surface area contributed by atoms with Crippen LogP contribution in [0.1, 0.15) is 37.8 Å². The van der Waals surface area contributed by atoms with E-state index in [1.165, 1.54) is 0 Å². The fourth-order valence-corrected chi connectivity index (χ4v) is 2.41. The van der Waals surface area contributed by atoms with Gasteiger partial charge in [0.1, 0.15) is 5.67 Å². The SMILES string of the molecule is Cn1nccc1CCC1(F)CCC(N)CC1. The smallest absolute Gasteiger partial charge is 0.111 e. The lowest BCUT2D eigenvalue weighted by Crippen LogP contribution is -2.36. The van der Waals surface area contributed by atoms with Crippen LogP contribution in [0.5, 0.6) is 0 Å². The van der Waals surface area contributed by atoms with Crippen molar-refractivity contribution in [2.24, 2.45) is 12.8 Å². The molecule has 2 rings (SSSR count). The van der Waals surface area contributed by atoms with E-state index in [4.69, 9.17) is 5.73 Å². The number of nitrogens with two attached hydrogens (primary N) is 1. The predicted molar refractivity (Wildman–Crippen MR) is 61.8 cm³/mol. The summed E-state index contributed by atoms with van der Waals surface area (Å²) in [7, 11) is 1.90. The molecule has 1 aromatic heterocycles. The molecular weight excluding hydrogens is 205 g/mol. The second-order valence-electron chi connectivity index (χ2n) is 4.93. The van der Waals surface area contributed by atoms with Crippen LogP contribution in [0.15, 0.2) is 12.3 Å². The molecule has 1 aliphatic rings. The van der Waals surface area contributed by atoms with Gasteiger partial charge in [-0.05, 0) is 44.6 Å². The van der Waals surface area contributed by atoms with E-state index in [2.05, 4.69) is 5.10 Å². The summed E-state index contributed by atoms with van der Waals surface area (Å²) in [4.78, 5) is 0. The lowest BCUT2D eigenvalue weighted by molar-refractivity contribution is 0.0888. The first kappa shape index (κ1) is 11.6. The van der Waals surface area contributed by atoms with Crippen molar-refractivity contribution in [3.63, 3.8) is 0 Å². The summed E-state index contributed by atoms with van der Waals surface area (Å²) in [6.45, 7) is 0. The number of alkyl halides is 1. The largest absolute Gasteiger partial charge is 0.328 e. The molecule has 1 fully saturated rings. The van der Waals surface area contributed by atoms with Crippen molar-refractivity contribution in [3.8, 4) is 0 Å². The van der Waals surface area contributed by atoms with Gasteiger partial charge in [-0.3, -0.25) is 4.68 Å². The molecule has 3 nitrogen and oxygen atoms in total. The molecule has 1 aromatic rings. The van der Waals surface area contributed by atoms with Crippen LogP contribution in [0.25, 0.3) is 0 Å². The van der Waals surface area contributed by atoms with Crippen LogP contribution in [-0.4, -0.2) is 21.5 Å². The lowest BCUT2D eigenvalue weighted by Gasteiger charge is -2.32. The Hall–Kier alpha value is -0.900. The van der Waals surface area contributed by atoms with Crippen LogP contribution in [0.4, 0.5) is 4.39 Å². The summed E-state index contributed by atoms with van der Waals surface area (Å²) < 4.78 is 16.2. The number of aryl methyl sites for hydroxylation is 2. The molecule has 0 amide bonds. The summed E-state index contributed by atoms with van der Waals surface area (Å²) in [6, 6.07) is 2.17. The Morgan fingerprint density at radius 3 is 2.81 bits per heavy atom. The van der Waals surface area contributed by atoms with Crippen molar-refractivity contribution in [3.05, 3.63) is 18.0 Å². The van der Waals surface area contributed by atoms with E-state index in [1.54, 1.807) is 6.20 Å². The quantitative estimate of drug-likeness (QED) is 0.854. The van der Waals surface area contributed by atoms with Crippen molar-refractivity contribution in [1.29, 1.82) is 0 Å². The zero-order valence-electron chi connectivity index (χ0n) is 9.82. The number of hydrogen-bond donors (Lipinski definition) is 1. The van der Waals surface area contributed by atoms with Gasteiger partial charge in [-0.1, -0.05) is 0 Å². The molecule has 0 aliphatic heterocycles. The van der Waals surface area contributed by atoms with E-state index in [1.807, 2.05) is 17.8 Å². The number of nitrogens with zero attached hydrogens (tertiary/aromatic N) is 2. The lowest BCUT2D eigenvalue weighted by atomic mass is 9.81. The maximum absolute atomic E-state index is 14.4. The maximum Gasteiger partial charge on any atom is 0.111 e. The highest BCUT2D eigenvalue weighted by atomic mass is 19.1. The maximum atomic E-state index is 14.4. The van der Waals surface area contributed by atoms with Gasteiger partial charge >= 0.3 is 0 Å². The van der Waals surface area contributed by atoms with Crippen LogP contribution in [0.3, 0.4) is 0 Å². The topological polar surface area (TPSA) is 43.8 Å². The van der Waals surface area contributed by atoms with Gasteiger partial charge in [-0.25, -0.2) is 4.39 Å². The average molecular weight is 225 g/mol. The number of halogens is 1. The Morgan fingerprint density at radius 2 is 2.25 bits per heavy atom. The minimum absolute atomic E-state index is 0.209. The molecule has 90 valence electrons. The third-order valence-corrected chi connectivity index (χ3v) is 3.68. The standard InChI is InChI=1S/C12H20FN3/c1-16-11(5-9-15-16)4-8-12(13)6-2-10(14)3-7-12/h5,9-10H,2-4,6-8,14H2,1H3. The van der Waals surface area contributed by atoms with E-state index >= 15 is 0 Å². The molecule has 0 aromatic carbocycles. The average Bonchev–Trinajstić information content (AvgIpc) is 2.67. The van der Waals surface area contributed by atoms with E-state index < -0.39 is 5.67 Å². The van der Waals surface area contributed by atoms with E-state index in [-0.39, 0.29) is 6.04 Å². The molecule has 0 radical (unpaired) electrons. The van der Waals surface area contributed by atoms with Crippen LogP contribution >= 0.6 is 0 Å². The Kier molecular flexibility index (Phi) is 3.28. The van der Waals surface area contributed by atoms with Gasteiger partial charge in [0.2, 0.25) is 0 Å². The highest BCUT2D eigenvalue weighted by molar-refractivity contribution is 5.02. The van der Waals surface area contributed by atoms with Crippen LogP contribution < -0.4 is 5.73 Å². The third-order valence-electron chi connectivity index (χ3n) is 3.68. The van der Waals surface area contributed by atoms with Crippen LogP contribution in [0, 0.1) is 0 Å². The molecule has 1 aliphatic carbocycles. The second-order valence-corrected chi connectivity index (χ2v) is 4.93. The van der Waals surface area contributed by atoms with Gasteiger partial charge in [0, 0.05) is 25.0 Å². The Bertz CT molecular complexity index is 340. The molecule has 16 heavy (non-hydrogen) atoms. The van der Waals surface area contributed by atoms with Crippen molar-refractivity contribution in [2.45, 2.75) is 50.2 Å². The predicted octanol–water partition coefficient (Wildman–Crippen LogP) is 1.96. The van der Waals surface area contributed by atoms with Crippen molar-refractivity contribution in [2.75, 3.05) is 0 Å². The van der Waals surface area contributed by atoms with Crippen LogP contribution in [0.2, 0.25) is 0 Å². The summed E-state index contributed by atoms with van der Waals surface area (Å²) in [5.74, 6) is 0. The highest BCUT2D eigenvalue weighted by Crippen LogP contribution is 2.35. The molecule has 1 heterocycles. The van der Waals surface area contributed by atoms with E-state index in [0.29, 0.717) is 19.3 Å². The first-order valence-electron chi connectivity index (χ1n) is 6.00.